The fraction of sp³-hybridized carbons (Fsp3) is 0.458. The van der Waals surface area contributed by atoms with Gasteiger partial charge in [0.15, 0.2) is 0 Å². The Bertz CT molecular complexity index is 944. The first kappa shape index (κ1) is 20.4. The molecule has 0 aliphatic carbocycles. The molecule has 2 unspecified atom stereocenters. The summed E-state index contributed by atoms with van der Waals surface area (Å²) in [5, 5.41) is 2.59. The van der Waals surface area contributed by atoms with Crippen LogP contribution in [-0.2, 0) is 20.8 Å². The number of ether oxygens (including phenoxy) is 2. The lowest BCUT2D eigenvalue weighted by molar-refractivity contribution is -0.149. The van der Waals surface area contributed by atoms with Gasteiger partial charge in [-0.05, 0) is 49.4 Å². The summed E-state index contributed by atoms with van der Waals surface area (Å²) in [4.78, 5) is 12.2. The highest BCUT2D eigenvalue weighted by Gasteiger charge is 2.21. The highest BCUT2D eigenvalue weighted by atomic mass is 16.6. The maximum absolute atomic E-state index is 12.2. The number of carbonyl (C=O) groups is 1. The van der Waals surface area contributed by atoms with Crippen molar-refractivity contribution in [2.24, 2.45) is 5.92 Å². The van der Waals surface area contributed by atoms with Crippen LogP contribution in [0.5, 0.6) is 0 Å². The highest BCUT2D eigenvalue weighted by molar-refractivity contribution is 6.08. The maximum atomic E-state index is 12.2. The van der Waals surface area contributed by atoms with Crippen LogP contribution in [0.1, 0.15) is 45.1 Å². The molecule has 0 aliphatic heterocycles. The molecule has 0 fully saturated rings. The average molecular weight is 382 g/mol. The van der Waals surface area contributed by atoms with E-state index in [0.717, 1.165) is 19.4 Å². The van der Waals surface area contributed by atoms with Crippen LogP contribution < -0.4 is 0 Å². The fourth-order valence-corrected chi connectivity index (χ4v) is 4.10. The molecule has 1 heterocycles. The van der Waals surface area contributed by atoms with Gasteiger partial charge in [0.1, 0.15) is 6.61 Å². The number of hydrogen-bond donors (Lipinski definition) is 0. The largest absolute Gasteiger partial charge is 0.463 e. The van der Waals surface area contributed by atoms with Crippen LogP contribution in [-0.4, -0.2) is 30.9 Å². The van der Waals surface area contributed by atoms with E-state index in [1.54, 1.807) is 7.11 Å². The molecule has 0 spiro atoms. The van der Waals surface area contributed by atoms with Crippen molar-refractivity contribution in [1.29, 1.82) is 0 Å². The monoisotopic (exact) mass is 381 g/mol. The van der Waals surface area contributed by atoms with Gasteiger partial charge in [-0.2, -0.15) is 0 Å². The average Bonchev–Trinajstić information content (AvgIpc) is 3.04. The lowest BCUT2D eigenvalue weighted by atomic mass is 9.87. The molecule has 28 heavy (non-hydrogen) atoms. The van der Waals surface area contributed by atoms with Gasteiger partial charge in [0.05, 0.1) is 12.5 Å². The van der Waals surface area contributed by atoms with Crippen LogP contribution in [0, 0.1) is 5.92 Å². The zero-order valence-corrected chi connectivity index (χ0v) is 17.4. The third kappa shape index (κ3) is 4.07. The van der Waals surface area contributed by atoms with Gasteiger partial charge < -0.3 is 14.0 Å². The molecule has 2 atom stereocenters. The van der Waals surface area contributed by atoms with Crippen LogP contribution in [0.25, 0.3) is 21.8 Å². The molecule has 4 heteroatoms. The summed E-state index contributed by atoms with van der Waals surface area (Å²) < 4.78 is 12.6. The number of fused-ring (bicyclic) bond motifs is 3. The summed E-state index contributed by atoms with van der Waals surface area (Å²) in [7, 11) is 1.61. The number of nitrogens with zero attached hydrogens (tertiary/aromatic N) is 1. The SMILES string of the molecule is CCC(CC(C)C(=O)OCCOC)c1ccc2c(c1)c1ccccc1n2CC. The molecular formula is C24H31NO3. The fourth-order valence-electron chi connectivity index (χ4n) is 4.10. The molecule has 3 aromatic rings. The van der Waals surface area contributed by atoms with Crippen molar-refractivity contribution in [2.45, 2.75) is 46.1 Å². The topological polar surface area (TPSA) is 40.5 Å². The van der Waals surface area contributed by atoms with Crippen molar-refractivity contribution >= 4 is 27.8 Å². The maximum Gasteiger partial charge on any atom is 0.308 e. The van der Waals surface area contributed by atoms with Crippen molar-refractivity contribution in [3.63, 3.8) is 0 Å². The molecule has 3 rings (SSSR count). The van der Waals surface area contributed by atoms with Gasteiger partial charge >= 0.3 is 5.97 Å². The quantitative estimate of drug-likeness (QED) is 0.362. The Labute approximate surface area is 167 Å². The van der Waals surface area contributed by atoms with Crippen molar-refractivity contribution in [2.75, 3.05) is 20.3 Å². The minimum atomic E-state index is -0.140. The zero-order valence-electron chi connectivity index (χ0n) is 17.4. The van der Waals surface area contributed by atoms with E-state index < -0.39 is 0 Å². The van der Waals surface area contributed by atoms with Crippen LogP contribution >= 0.6 is 0 Å². The Balaban J connectivity index is 1.87. The molecule has 2 aromatic carbocycles. The van der Waals surface area contributed by atoms with E-state index in [4.69, 9.17) is 9.47 Å². The zero-order chi connectivity index (χ0) is 20.1. The number of rotatable bonds is 9. The second-order valence-electron chi connectivity index (χ2n) is 7.44. The highest BCUT2D eigenvalue weighted by Crippen LogP contribution is 2.34. The minimum absolute atomic E-state index is 0.130. The van der Waals surface area contributed by atoms with Gasteiger partial charge in [-0.25, -0.2) is 0 Å². The van der Waals surface area contributed by atoms with E-state index in [9.17, 15) is 4.79 Å². The Morgan fingerprint density at radius 2 is 1.79 bits per heavy atom. The smallest absolute Gasteiger partial charge is 0.308 e. The van der Waals surface area contributed by atoms with Crippen molar-refractivity contribution in [1.82, 2.24) is 4.57 Å². The number of esters is 1. The molecule has 4 nitrogen and oxygen atoms in total. The summed E-state index contributed by atoms with van der Waals surface area (Å²) in [6.07, 6.45) is 1.79. The first-order valence-electron chi connectivity index (χ1n) is 10.3. The molecule has 0 radical (unpaired) electrons. The van der Waals surface area contributed by atoms with Crippen molar-refractivity contribution < 1.29 is 14.3 Å². The van der Waals surface area contributed by atoms with Crippen molar-refractivity contribution in [3.05, 3.63) is 48.0 Å². The number of aryl methyl sites for hydroxylation is 1. The number of methoxy groups -OCH3 is 1. The van der Waals surface area contributed by atoms with Gasteiger partial charge in [-0.15, -0.1) is 0 Å². The minimum Gasteiger partial charge on any atom is -0.463 e. The summed E-state index contributed by atoms with van der Waals surface area (Å²) in [6, 6.07) is 15.4. The first-order chi connectivity index (χ1) is 13.6. The van der Waals surface area contributed by atoms with E-state index in [-0.39, 0.29) is 11.9 Å². The second kappa shape index (κ2) is 9.24. The van der Waals surface area contributed by atoms with E-state index in [1.165, 1.54) is 27.4 Å². The standard InChI is InChI=1S/C24H31NO3/c1-5-18(15-17(3)24(26)28-14-13-27-4)19-11-12-23-21(16-19)20-9-7-8-10-22(20)25(23)6-2/h7-12,16-18H,5-6,13-15H2,1-4H3. The predicted molar refractivity (Wildman–Crippen MR) is 115 cm³/mol. The summed E-state index contributed by atoms with van der Waals surface area (Å²) >= 11 is 0. The third-order valence-electron chi connectivity index (χ3n) is 5.65. The molecular weight excluding hydrogens is 350 g/mol. The molecule has 0 saturated heterocycles. The molecule has 0 saturated carbocycles. The Hall–Kier alpha value is -2.33. The molecule has 0 amide bonds. The molecule has 1 aromatic heterocycles. The molecule has 0 N–H and O–H groups in total. The van der Waals surface area contributed by atoms with Crippen LogP contribution in [0.4, 0.5) is 0 Å². The summed E-state index contributed by atoms with van der Waals surface area (Å²) in [5.74, 6) is 0.0618. The number of aromatic nitrogens is 1. The number of carbonyl (C=O) groups excluding carboxylic acids is 1. The second-order valence-corrected chi connectivity index (χ2v) is 7.44. The van der Waals surface area contributed by atoms with Crippen LogP contribution in [0.2, 0.25) is 0 Å². The number of hydrogen-bond acceptors (Lipinski definition) is 3. The first-order valence-corrected chi connectivity index (χ1v) is 10.3. The van der Waals surface area contributed by atoms with Gasteiger partial charge in [-0.3, -0.25) is 4.79 Å². The van der Waals surface area contributed by atoms with E-state index in [0.29, 0.717) is 19.1 Å². The predicted octanol–water partition coefficient (Wildman–Crippen LogP) is 5.52. The van der Waals surface area contributed by atoms with Gasteiger partial charge in [-0.1, -0.05) is 38.1 Å². The Morgan fingerprint density at radius 3 is 2.50 bits per heavy atom. The number of benzene rings is 2. The molecule has 150 valence electrons. The van der Waals surface area contributed by atoms with E-state index in [2.05, 4.69) is 60.9 Å². The van der Waals surface area contributed by atoms with Crippen LogP contribution in [0.3, 0.4) is 0 Å². The normalized spacial score (nSPS) is 13.7. The third-order valence-corrected chi connectivity index (χ3v) is 5.65. The summed E-state index contributed by atoms with van der Waals surface area (Å²) in [6.45, 7) is 8.04. The van der Waals surface area contributed by atoms with E-state index >= 15 is 0 Å². The molecule has 0 aliphatic rings. The van der Waals surface area contributed by atoms with Gasteiger partial charge in [0.2, 0.25) is 0 Å². The van der Waals surface area contributed by atoms with Crippen LogP contribution in [0.15, 0.2) is 42.5 Å². The number of para-hydroxylation sites is 1. The van der Waals surface area contributed by atoms with Gasteiger partial charge in [0.25, 0.3) is 0 Å². The lowest BCUT2D eigenvalue weighted by Crippen LogP contribution is -2.19. The Kier molecular flexibility index (Phi) is 6.74. The lowest BCUT2D eigenvalue weighted by Gasteiger charge is -2.20. The summed E-state index contributed by atoms with van der Waals surface area (Å²) in [5.41, 5.74) is 3.85. The van der Waals surface area contributed by atoms with Crippen molar-refractivity contribution in [3.8, 4) is 0 Å². The molecule has 0 bridgehead atoms. The Morgan fingerprint density at radius 1 is 1.04 bits per heavy atom. The van der Waals surface area contributed by atoms with E-state index in [1.807, 2.05) is 6.92 Å². The van der Waals surface area contributed by atoms with Gasteiger partial charge in [0, 0.05) is 35.5 Å².